The van der Waals surface area contributed by atoms with Crippen LogP contribution in [0.4, 0.5) is 0 Å². The van der Waals surface area contributed by atoms with Gasteiger partial charge in [0, 0.05) is 0 Å². The Morgan fingerprint density at radius 1 is 0.970 bits per heavy atom. The molecule has 0 heterocycles. The van der Waals surface area contributed by atoms with Gasteiger partial charge in [0.1, 0.15) is 5.75 Å². The Hall–Kier alpha value is -3.27. The van der Waals surface area contributed by atoms with Crippen LogP contribution in [0.5, 0.6) is 17.2 Å². The molecule has 33 heavy (non-hydrogen) atoms. The average Bonchev–Trinajstić information content (AvgIpc) is 2.82. The van der Waals surface area contributed by atoms with Crippen molar-refractivity contribution in [2.24, 2.45) is 0 Å². The van der Waals surface area contributed by atoms with E-state index in [0.717, 1.165) is 59.6 Å². The summed E-state index contributed by atoms with van der Waals surface area (Å²) >= 11 is 0. The number of hydrogen-bond donors (Lipinski definition) is 2. The minimum Gasteiger partial charge on any atom is -0.508 e. The molecule has 3 rings (SSSR count). The van der Waals surface area contributed by atoms with E-state index < -0.39 is 0 Å². The highest BCUT2D eigenvalue weighted by atomic mass is 16.5. The molecule has 2 N–H and O–H groups in total. The Kier molecular flexibility index (Phi) is 8.53. The molecule has 0 aliphatic carbocycles. The number of phenols is 2. The number of fused-ring (bicyclic) bond motifs is 1. The minimum atomic E-state index is -0.376. The summed E-state index contributed by atoms with van der Waals surface area (Å²) in [5, 5.41) is 22.2. The Labute approximate surface area is 196 Å². The Balaban J connectivity index is 1.95. The van der Waals surface area contributed by atoms with Gasteiger partial charge in [0.2, 0.25) is 0 Å². The van der Waals surface area contributed by atoms with Crippen molar-refractivity contribution in [2.75, 3.05) is 7.11 Å². The molecule has 0 amide bonds. The van der Waals surface area contributed by atoms with Crippen LogP contribution in [-0.2, 0) is 17.6 Å². The van der Waals surface area contributed by atoms with Crippen LogP contribution in [0.25, 0.3) is 10.8 Å². The van der Waals surface area contributed by atoms with Gasteiger partial charge in [-0.3, -0.25) is 4.79 Å². The van der Waals surface area contributed by atoms with Crippen LogP contribution in [-0.4, -0.2) is 23.1 Å². The summed E-state index contributed by atoms with van der Waals surface area (Å²) < 4.78 is 5.25. The number of methoxy groups -OCH3 is 1. The highest BCUT2D eigenvalue weighted by Gasteiger charge is 2.20. The second-order valence-electron chi connectivity index (χ2n) is 8.50. The molecule has 0 saturated heterocycles. The van der Waals surface area contributed by atoms with E-state index >= 15 is 0 Å². The number of carbonyl (C=O) groups is 1. The summed E-state index contributed by atoms with van der Waals surface area (Å²) in [5.41, 5.74) is 2.72. The number of aromatic hydroxyl groups is 2. The molecule has 4 heteroatoms. The summed E-state index contributed by atoms with van der Waals surface area (Å²) in [6.45, 7) is 4.18. The van der Waals surface area contributed by atoms with Gasteiger partial charge in [-0.25, -0.2) is 0 Å². The van der Waals surface area contributed by atoms with Crippen molar-refractivity contribution in [1.29, 1.82) is 0 Å². The Bertz CT molecular complexity index is 1130. The van der Waals surface area contributed by atoms with Crippen molar-refractivity contribution in [3.63, 3.8) is 0 Å². The van der Waals surface area contributed by atoms with E-state index in [4.69, 9.17) is 4.74 Å². The molecule has 0 fully saturated rings. The van der Waals surface area contributed by atoms with Crippen molar-refractivity contribution >= 4 is 16.6 Å². The Morgan fingerprint density at radius 2 is 1.79 bits per heavy atom. The number of phenolic OH excluding ortho intramolecular Hbond substituents is 2. The maximum absolute atomic E-state index is 13.3. The number of aryl methyl sites for hydroxylation is 1. The summed E-state index contributed by atoms with van der Waals surface area (Å²) in [6.07, 6.45) is 9.21. The average molecular weight is 447 g/mol. The largest absolute Gasteiger partial charge is 0.508 e. The molecule has 0 aromatic heterocycles. The van der Waals surface area contributed by atoms with Crippen LogP contribution in [0.15, 0.2) is 60.7 Å². The lowest BCUT2D eigenvalue weighted by molar-refractivity contribution is -0.116. The van der Waals surface area contributed by atoms with Crippen molar-refractivity contribution in [3.8, 4) is 17.2 Å². The van der Waals surface area contributed by atoms with Gasteiger partial charge in [0.15, 0.2) is 17.3 Å². The number of rotatable bonds is 11. The second-order valence-corrected chi connectivity index (χ2v) is 8.50. The molecule has 0 aliphatic heterocycles. The molecular weight excluding hydrogens is 412 g/mol. The number of carbonyl (C=O) groups excluding carboxylic acids is 1. The molecule has 0 aliphatic rings. The number of ketones is 1. The number of allylic oxidation sites excluding steroid dienone is 2. The first-order chi connectivity index (χ1) is 16.0. The number of benzene rings is 3. The summed E-state index contributed by atoms with van der Waals surface area (Å²) in [4.78, 5) is 13.3. The third-order valence-corrected chi connectivity index (χ3v) is 6.13. The van der Waals surface area contributed by atoms with Crippen LogP contribution >= 0.6 is 0 Å². The summed E-state index contributed by atoms with van der Waals surface area (Å²) in [7, 11) is 1.51. The second kappa shape index (κ2) is 11.6. The zero-order valence-corrected chi connectivity index (χ0v) is 19.8. The fourth-order valence-corrected chi connectivity index (χ4v) is 4.15. The predicted molar refractivity (Wildman–Crippen MR) is 134 cm³/mol. The zero-order valence-electron chi connectivity index (χ0n) is 19.8. The Morgan fingerprint density at radius 3 is 2.52 bits per heavy atom. The first kappa shape index (κ1) is 24.4. The van der Waals surface area contributed by atoms with Crippen LogP contribution < -0.4 is 4.74 Å². The fraction of sp³-hybridized carbons (Fsp3) is 0.345. The van der Waals surface area contributed by atoms with E-state index in [1.807, 2.05) is 43.3 Å². The SMILES string of the molecule is CCCCCC=CC(=O)[C@H](Cc1ccc(O)c(OC)c1)c1ccc2cc(CC)c(O)cc2c1. The van der Waals surface area contributed by atoms with Gasteiger partial charge in [0.05, 0.1) is 13.0 Å². The molecule has 1 atom stereocenters. The number of unbranched alkanes of at least 4 members (excludes halogenated alkanes) is 3. The lowest BCUT2D eigenvalue weighted by atomic mass is 9.86. The molecule has 174 valence electrons. The van der Waals surface area contributed by atoms with Gasteiger partial charge in [-0.2, -0.15) is 0 Å². The van der Waals surface area contributed by atoms with Crippen LogP contribution in [0.1, 0.15) is 62.1 Å². The number of ether oxygens (including phenoxy) is 1. The predicted octanol–water partition coefficient (Wildman–Crippen LogP) is 6.85. The highest BCUT2D eigenvalue weighted by molar-refractivity contribution is 5.96. The molecule has 0 bridgehead atoms. The van der Waals surface area contributed by atoms with E-state index in [0.29, 0.717) is 12.2 Å². The molecule has 0 spiro atoms. The molecule has 0 unspecified atom stereocenters. The first-order valence-corrected chi connectivity index (χ1v) is 11.8. The van der Waals surface area contributed by atoms with Gasteiger partial charge < -0.3 is 14.9 Å². The molecule has 3 aromatic carbocycles. The maximum atomic E-state index is 13.3. The topological polar surface area (TPSA) is 66.8 Å². The minimum absolute atomic E-state index is 0.0484. The molecular formula is C29H34O4. The summed E-state index contributed by atoms with van der Waals surface area (Å²) in [6, 6.07) is 15.0. The van der Waals surface area contributed by atoms with Crippen molar-refractivity contribution in [3.05, 3.63) is 77.4 Å². The monoisotopic (exact) mass is 446 g/mol. The lowest BCUT2D eigenvalue weighted by Gasteiger charge is -2.17. The van der Waals surface area contributed by atoms with Crippen LogP contribution in [0.3, 0.4) is 0 Å². The smallest absolute Gasteiger partial charge is 0.163 e. The highest BCUT2D eigenvalue weighted by Crippen LogP contribution is 2.32. The molecule has 0 radical (unpaired) electrons. The van der Waals surface area contributed by atoms with E-state index in [1.165, 1.54) is 7.11 Å². The first-order valence-electron chi connectivity index (χ1n) is 11.8. The van der Waals surface area contributed by atoms with Gasteiger partial charge in [0.25, 0.3) is 0 Å². The zero-order chi connectivity index (χ0) is 23.8. The summed E-state index contributed by atoms with van der Waals surface area (Å²) in [5.74, 6) is 0.424. The van der Waals surface area contributed by atoms with Crippen molar-refractivity contribution in [2.45, 2.75) is 58.3 Å². The number of hydrogen-bond acceptors (Lipinski definition) is 4. The maximum Gasteiger partial charge on any atom is 0.163 e. The lowest BCUT2D eigenvalue weighted by Crippen LogP contribution is -2.13. The third kappa shape index (κ3) is 6.16. The van der Waals surface area contributed by atoms with E-state index in [9.17, 15) is 15.0 Å². The van der Waals surface area contributed by atoms with Gasteiger partial charge >= 0.3 is 0 Å². The van der Waals surface area contributed by atoms with E-state index in [2.05, 4.69) is 6.92 Å². The fourth-order valence-electron chi connectivity index (χ4n) is 4.15. The van der Waals surface area contributed by atoms with Gasteiger partial charge in [-0.15, -0.1) is 0 Å². The molecule has 3 aromatic rings. The quantitative estimate of drug-likeness (QED) is 0.250. The van der Waals surface area contributed by atoms with Crippen LogP contribution in [0.2, 0.25) is 0 Å². The molecule has 0 saturated carbocycles. The van der Waals surface area contributed by atoms with Crippen molar-refractivity contribution in [1.82, 2.24) is 0 Å². The van der Waals surface area contributed by atoms with E-state index in [1.54, 1.807) is 24.3 Å². The van der Waals surface area contributed by atoms with Crippen molar-refractivity contribution < 1.29 is 19.7 Å². The van der Waals surface area contributed by atoms with Gasteiger partial charge in [-0.1, -0.05) is 57.0 Å². The standard InChI is InChI=1S/C29H34O4/c1-4-6-7-8-9-10-26(30)25(15-20-11-14-27(31)29(16-20)33-3)23-13-12-22-17-21(5-2)28(32)19-24(22)18-23/h9-14,16-19,25,31-32H,4-8,15H2,1-3H3/t25-/m1/s1. The van der Waals surface area contributed by atoms with Crippen LogP contribution in [0, 0.1) is 0 Å². The van der Waals surface area contributed by atoms with Gasteiger partial charge in [-0.05, 0) is 83.5 Å². The van der Waals surface area contributed by atoms with E-state index in [-0.39, 0.29) is 23.2 Å². The normalized spacial score (nSPS) is 12.3. The third-order valence-electron chi connectivity index (χ3n) is 6.13. The molecule has 4 nitrogen and oxygen atoms in total.